The average Bonchev–Trinajstić information content (AvgIpc) is 2.66. The molecule has 0 radical (unpaired) electrons. The number of carbonyl (C=O) groups excluding carboxylic acids is 1. The number of methoxy groups -OCH3 is 1. The van der Waals surface area contributed by atoms with E-state index in [1.807, 2.05) is 18.2 Å². The summed E-state index contributed by atoms with van der Waals surface area (Å²) in [6, 6.07) is 16.7. The number of unbranched alkanes of at least 4 members (excludes halogenated alkanes) is 1. The maximum atomic E-state index is 12.6. The Morgan fingerprint density at radius 2 is 1.92 bits per heavy atom. The lowest BCUT2D eigenvalue weighted by Crippen LogP contribution is -2.37. The molecule has 0 aromatic heterocycles. The van der Waals surface area contributed by atoms with E-state index >= 15 is 0 Å². The lowest BCUT2D eigenvalue weighted by molar-refractivity contribution is -0.119. The van der Waals surface area contributed by atoms with Gasteiger partial charge in [-0.15, -0.1) is 0 Å². The molecule has 1 heterocycles. The van der Waals surface area contributed by atoms with Crippen molar-refractivity contribution in [1.29, 1.82) is 0 Å². The normalized spacial score (nSPS) is 16.4. The van der Waals surface area contributed by atoms with E-state index in [2.05, 4.69) is 42.2 Å². The number of anilines is 1. The fourth-order valence-electron chi connectivity index (χ4n) is 3.72. The number of para-hydroxylation sites is 2. The minimum Gasteiger partial charge on any atom is -0.495 e. The van der Waals surface area contributed by atoms with Gasteiger partial charge < -0.3 is 9.64 Å². The Hall–Kier alpha value is -2.29. The van der Waals surface area contributed by atoms with Gasteiger partial charge in [-0.25, -0.2) is 0 Å². The van der Waals surface area contributed by atoms with Gasteiger partial charge in [-0.3, -0.25) is 4.79 Å². The van der Waals surface area contributed by atoms with Gasteiger partial charge in [-0.05, 0) is 36.1 Å². The van der Waals surface area contributed by atoms with Crippen LogP contribution in [0.2, 0.25) is 0 Å². The molecular weight excluding hydrogens is 310 g/mol. The van der Waals surface area contributed by atoms with Gasteiger partial charge in [0.2, 0.25) is 0 Å². The van der Waals surface area contributed by atoms with Crippen LogP contribution >= 0.6 is 0 Å². The molecule has 0 aliphatic carbocycles. The van der Waals surface area contributed by atoms with Gasteiger partial charge in [0.1, 0.15) is 11.5 Å². The van der Waals surface area contributed by atoms with Crippen molar-refractivity contribution >= 4 is 11.5 Å². The minimum atomic E-state index is 0.0885. The van der Waals surface area contributed by atoms with E-state index in [9.17, 15) is 4.79 Å². The molecule has 3 nitrogen and oxygen atoms in total. The highest BCUT2D eigenvalue weighted by Crippen LogP contribution is 2.40. The van der Waals surface area contributed by atoms with Crippen LogP contribution in [0.4, 0.5) is 5.69 Å². The Morgan fingerprint density at radius 3 is 2.72 bits per heavy atom. The summed E-state index contributed by atoms with van der Waals surface area (Å²) in [5.41, 5.74) is 3.72. The monoisotopic (exact) mass is 337 g/mol. The molecular formula is C22H27NO2. The molecule has 1 aliphatic heterocycles. The van der Waals surface area contributed by atoms with Crippen LogP contribution < -0.4 is 9.64 Å². The predicted molar refractivity (Wildman–Crippen MR) is 102 cm³/mol. The largest absolute Gasteiger partial charge is 0.495 e. The van der Waals surface area contributed by atoms with Crippen molar-refractivity contribution in [1.82, 2.24) is 0 Å². The highest BCUT2D eigenvalue weighted by molar-refractivity contribution is 5.80. The zero-order valence-electron chi connectivity index (χ0n) is 15.2. The van der Waals surface area contributed by atoms with Gasteiger partial charge in [0.25, 0.3) is 0 Å². The van der Waals surface area contributed by atoms with E-state index in [-0.39, 0.29) is 6.04 Å². The van der Waals surface area contributed by atoms with Crippen molar-refractivity contribution in [2.75, 3.05) is 18.6 Å². The maximum Gasteiger partial charge on any atom is 0.142 e. The standard InChI is InChI=1S/C22H27NO2/c1-3-4-10-18(24)16-21-19-11-6-5-9-17(19)14-15-23(21)20-12-7-8-13-22(20)25-2/h5-9,11-13,21H,3-4,10,14-16H2,1-2H3. The molecule has 0 fully saturated rings. The molecule has 0 amide bonds. The quantitative estimate of drug-likeness (QED) is 0.716. The smallest absolute Gasteiger partial charge is 0.142 e. The summed E-state index contributed by atoms with van der Waals surface area (Å²) in [5.74, 6) is 1.22. The molecule has 1 unspecified atom stereocenters. The van der Waals surface area contributed by atoms with Crippen molar-refractivity contribution in [3.05, 3.63) is 59.7 Å². The first-order valence-corrected chi connectivity index (χ1v) is 9.23. The molecule has 0 spiro atoms. The fraction of sp³-hybridized carbons (Fsp3) is 0.409. The van der Waals surface area contributed by atoms with Crippen LogP contribution in [0.3, 0.4) is 0 Å². The molecule has 0 saturated carbocycles. The van der Waals surface area contributed by atoms with Crippen LogP contribution in [-0.2, 0) is 11.2 Å². The molecule has 1 aliphatic rings. The number of nitrogens with zero attached hydrogens (tertiary/aromatic N) is 1. The van der Waals surface area contributed by atoms with Gasteiger partial charge in [-0.1, -0.05) is 49.7 Å². The van der Waals surface area contributed by atoms with E-state index in [4.69, 9.17) is 4.74 Å². The van der Waals surface area contributed by atoms with E-state index in [0.29, 0.717) is 18.6 Å². The van der Waals surface area contributed by atoms with Crippen LogP contribution in [0, 0.1) is 0 Å². The SMILES string of the molecule is CCCCC(=O)CC1c2ccccc2CCN1c1ccccc1OC. The summed E-state index contributed by atoms with van der Waals surface area (Å²) in [4.78, 5) is 14.9. The number of hydrogen-bond acceptors (Lipinski definition) is 3. The molecule has 132 valence electrons. The van der Waals surface area contributed by atoms with Gasteiger partial charge in [0, 0.05) is 19.4 Å². The summed E-state index contributed by atoms with van der Waals surface area (Å²) in [7, 11) is 1.71. The molecule has 2 aromatic carbocycles. The number of ketones is 1. The zero-order chi connectivity index (χ0) is 17.6. The molecule has 0 saturated heterocycles. The summed E-state index contributed by atoms with van der Waals surface area (Å²) >= 11 is 0. The Balaban J connectivity index is 1.95. The first-order chi connectivity index (χ1) is 12.2. The van der Waals surface area contributed by atoms with Crippen LogP contribution in [0.15, 0.2) is 48.5 Å². The Labute approximate surface area is 150 Å². The lowest BCUT2D eigenvalue weighted by Gasteiger charge is -2.39. The molecule has 0 bridgehead atoms. The number of hydrogen-bond donors (Lipinski definition) is 0. The number of fused-ring (bicyclic) bond motifs is 1. The second-order valence-corrected chi connectivity index (χ2v) is 6.68. The topological polar surface area (TPSA) is 29.5 Å². The molecule has 2 aromatic rings. The summed E-state index contributed by atoms with van der Waals surface area (Å²) in [6.07, 6.45) is 4.27. The molecule has 3 heteroatoms. The number of rotatable bonds is 7. The number of carbonyl (C=O) groups is 1. The number of ether oxygens (including phenoxy) is 1. The van der Waals surface area contributed by atoms with Gasteiger partial charge in [0.15, 0.2) is 0 Å². The van der Waals surface area contributed by atoms with Gasteiger partial charge in [0.05, 0.1) is 18.8 Å². The Bertz CT molecular complexity index is 725. The molecule has 3 rings (SSSR count). The minimum absolute atomic E-state index is 0.0885. The third kappa shape index (κ3) is 3.87. The van der Waals surface area contributed by atoms with Crippen LogP contribution in [-0.4, -0.2) is 19.4 Å². The molecule has 1 atom stereocenters. The molecule has 25 heavy (non-hydrogen) atoms. The van der Waals surface area contributed by atoms with E-state index in [1.54, 1.807) is 7.11 Å². The first-order valence-electron chi connectivity index (χ1n) is 9.23. The van der Waals surface area contributed by atoms with Crippen LogP contribution in [0.5, 0.6) is 5.75 Å². The van der Waals surface area contributed by atoms with Crippen molar-refractivity contribution < 1.29 is 9.53 Å². The van der Waals surface area contributed by atoms with Crippen molar-refractivity contribution in [3.63, 3.8) is 0 Å². The van der Waals surface area contributed by atoms with Crippen molar-refractivity contribution in [2.45, 2.75) is 45.1 Å². The zero-order valence-corrected chi connectivity index (χ0v) is 15.2. The van der Waals surface area contributed by atoms with Crippen LogP contribution in [0.25, 0.3) is 0 Å². The highest BCUT2D eigenvalue weighted by atomic mass is 16.5. The summed E-state index contributed by atoms with van der Waals surface area (Å²) in [6.45, 7) is 3.04. The van der Waals surface area contributed by atoms with Gasteiger partial charge in [-0.2, -0.15) is 0 Å². The third-order valence-electron chi connectivity index (χ3n) is 5.04. The van der Waals surface area contributed by atoms with E-state index < -0.39 is 0 Å². The van der Waals surface area contributed by atoms with E-state index in [1.165, 1.54) is 11.1 Å². The summed E-state index contributed by atoms with van der Waals surface area (Å²) in [5, 5.41) is 0. The van der Waals surface area contributed by atoms with Crippen molar-refractivity contribution in [3.8, 4) is 5.75 Å². The average molecular weight is 337 g/mol. The second kappa shape index (κ2) is 8.19. The molecule has 0 N–H and O–H groups in total. The van der Waals surface area contributed by atoms with Crippen LogP contribution in [0.1, 0.15) is 49.8 Å². The first kappa shape index (κ1) is 17.5. The number of Topliss-reactive ketones (excluding diaryl/α,β-unsaturated/α-hetero) is 1. The third-order valence-corrected chi connectivity index (χ3v) is 5.04. The van der Waals surface area contributed by atoms with Gasteiger partial charge >= 0.3 is 0 Å². The number of benzene rings is 2. The highest BCUT2D eigenvalue weighted by Gasteiger charge is 2.30. The van der Waals surface area contributed by atoms with E-state index in [0.717, 1.165) is 37.2 Å². The Kier molecular flexibility index (Phi) is 5.75. The Morgan fingerprint density at radius 1 is 1.16 bits per heavy atom. The summed E-state index contributed by atoms with van der Waals surface area (Å²) < 4.78 is 5.58. The fourth-order valence-corrected chi connectivity index (χ4v) is 3.72. The lowest BCUT2D eigenvalue weighted by atomic mass is 9.88. The second-order valence-electron chi connectivity index (χ2n) is 6.68. The van der Waals surface area contributed by atoms with Crippen molar-refractivity contribution in [2.24, 2.45) is 0 Å². The predicted octanol–water partition coefficient (Wildman–Crippen LogP) is 4.95. The maximum absolute atomic E-state index is 12.6.